The minimum atomic E-state index is -1.51. The minimum Gasteiger partial charge on any atom is -0.496 e. The van der Waals surface area contributed by atoms with E-state index in [9.17, 15) is 19.2 Å². The number of nitrogens with one attached hydrogen (secondary N) is 1. The Morgan fingerprint density at radius 1 is 0.938 bits per heavy atom. The topological polar surface area (TPSA) is 122 Å². The van der Waals surface area contributed by atoms with Crippen molar-refractivity contribution in [2.75, 3.05) is 30.5 Å². The van der Waals surface area contributed by atoms with Gasteiger partial charge >= 0.3 is 0 Å². The Labute approximate surface area is 295 Å². The molecule has 3 amide bonds. The molecule has 1 aliphatic heterocycles. The van der Waals surface area contributed by atoms with E-state index in [1.165, 1.54) is 4.90 Å². The van der Waals surface area contributed by atoms with Gasteiger partial charge < -0.3 is 25.6 Å². The average Bonchev–Trinajstić information content (AvgIpc) is 3.17. The Hall–Kier alpha value is -4.25. The molecule has 0 saturated heterocycles. The van der Waals surface area contributed by atoms with Gasteiger partial charge in [0.25, 0.3) is 5.91 Å². The summed E-state index contributed by atoms with van der Waals surface area (Å²) in [4.78, 5) is 58.2. The number of benzene rings is 4. The molecular formula is C37H40BrClN4O5. The molecule has 11 heteroatoms. The highest BCUT2D eigenvalue weighted by molar-refractivity contribution is 9.10. The smallest absolute Gasteiger partial charge is 0.258 e. The van der Waals surface area contributed by atoms with Gasteiger partial charge in [0, 0.05) is 33.1 Å². The van der Waals surface area contributed by atoms with Gasteiger partial charge in [0.2, 0.25) is 11.8 Å². The van der Waals surface area contributed by atoms with Crippen LogP contribution in [-0.2, 0) is 16.1 Å². The average molecular weight is 736 g/mol. The Bertz CT molecular complexity index is 1890. The molecule has 0 bridgehead atoms. The predicted octanol–water partition coefficient (Wildman–Crippen LogP) is 6.53. The molecule has 0 saturated carbocycles. The number of hydrogen-bond donors (Lipinski definition) is 2. The number of ketones is 1. The van der Waals surface area contributed by atoms with E-state index in [-0.39, 0.29) is 43.1 Å². The summed E-state index contributed by atoms with van der Waals surface area (Å²) < 4.78 is 6.68. The Morgan fingerprint density at radius 3 is 2.15 bits per heavy atom. The van der Waals surface area contributed by atoms with Gasteiger partial charge in [0.1, 0.15) is 11.3 Å². The van der Waals surface area contributed by atoms with Crippen LogP contribution in [0.5, 0.6) is 5.75 Å². The van der Waals surface area contributed by atoms with E-state index in [4.69, 9.17) is 10.5 Å². The lowest BCUT2D eigenvalue weighted by Crippen LogP contribution is -2.63. The first-order valence-corrected chi connectivity index (χ1v) is 16.1. The van der Waals surface area contributed by atoms with Crippen molar-refractivity contribution in [3.63, 3.8) is 0 Å². The van der Waals surface area contributed by atoms with Gasteiger partial charge in [-0.1, -0.05) is 73.1 Å². The van der Waals surface area contributed by atoms with Gasteiger partial charge in [-0.2, -0.15) is 0 Å². The van der Waals surface area contributed by atoms with Gasteiger partial charge in [-0.25, -0.2) is 0 Å². The molecule has 1 aliphatic rings. The summed E-state index contributed by atoms with van der Waals surface area (Å²) in [5.41, 5.74) is 6.44. The van der Waals surface area contributed by atoms with Crippen LogP contribution >= 0.6 is 28.3 Å². The molecule has 0 aliphatic carbocycles. The van der Waals surface area contributed by atoms with Crippen molar-refractivity contribution in [3.05, 3.63) is 100 Å². The largest absolute Gasteiger partial charge is 0.496 e. The first-order chi connectivity index (χ1) is 22.2. The van der Waals surface area contributed by atoms with Crippen LogP contribution in [0.3, 0.4) is 0 Å². The van der Waals surface area contributed by atoms with E-state index in [2.05, 4.69) is 21.2 Å². The number of halogens is 2. The highest BCUT2D eigenvalue weighted by Gasteiger charge is 2.49. The third-order valence-electron chi connectivity index (χ3n) is 9.03. The number of ether oxygens (including phenoxy) is 1. The van der Waals surface area contributed by atoms with Crippen LogP contribution in [0.15, 0.2) is 83.3 Å². The van der Waals surface area contributed by atoms with Crippen LogP contribution in [-0.4, -0.2) is 49.7 Å². The fourth-order valence-corrected chi connectivity index (χ4v) is 6.43. The van der Waals surface area contributed by atoms with Gasteiger partial charge in [-0.05, 0) is 67.2 Å². The summed E-state index contributed by atoms with van der Waals surface area (Å²) in [7, 11) is 3.15. The Balaban J connectivity index is 0.00000520. The number of rotatable bonds is 8. The number of para-hydroxylation sites is 2. The Morgan fingerprint density at radius 2 is 1.56 bits per heavy atom. The van der Waals surface area contributed by atoms with E-state index in [0.29, 0.717) is 28.3 Å². The fraction of sp³-hybridized carbons (Fsp3) is 0.297. The first kappa shape index (κ1) is 36.6. The van der Waals surface area contributed by atoms with E-state index in [0.717, 1.165) is 20.8 Å². The number of carbonyl (C=O) groups excluding carboxylic acids is 4. The summed E-state index contributed by atoms with van der Waals surface area (Å²) in [5, 5.41) is 4.82. The number of anilines is 2. The molecule has 0 aromatic heterocycles. The van der Waals surface area contributed by atoms with Crippen LogP contribution in [0.2, 0.25) is 0 Å². The SMILES string of the molecule is CNC(C)(C(N)=O)[C@@H]1CN(C(=O)c2ccc(C(=O)C(C)(C)C)cc2)c2ccccc2N(Cc2c(OC)ccc3cc(Br)ccc23)C1=O.Cl. The van der Waals surface area contributed by atoms with E-state index < -0.39 is 22.8 Å². The third kappa shape index (κ3) is 6.70. The predicted molar refractivity (Wildman–Crippen MR) is 195 cm³/mol. The first-order valence-electron chi connectivity index (χ1n) is 15.3. The zero-order valence-electron chi connectivity index (χ0n) is 27.8. The third-order valence-corrected chi connectivity index (χ3v) is 9.52. The molecule has 252 valence electrons. The Kier molecular flexibility index (Phi) is 10.7. The number of fused-ring (bicyclic) bond motifs is 2. The summed E-state index contributed by atoms with van der Waals surface area (Å²) in [6.45, 7) is 7.07. The number of nitrogens with two attached hydrogens (primary N) is 1. The molecule has 0 spiro atoms. The second-order valence-corrected chi connectivity index (χ2v) is 13.9. The standard InChI is InChI=1S/C37H39BrN4O5.ClH/c1-36(2,3)32(43)22-11-13-23(14-12-22)33(44)42-21-28(37(4,40-5)35(39)46)34(45)41(29-9-7-8-10-30(29)42)20-27-26-17-16-25(38)19-24(26)15-18-31(27)47-6;/h7-19,28,40H,20-21H2,1-6H3,(H2,39,46);1H/t28-,37?;/m1./s1. The van der Waals surface area contributed by atoms with Gasteiger partial charge in [-0.3, -0.25) is 19.2 Å². The van der Waals surface area contributed by atoms with Gasteiger partial charge in [0.05, 0.1) is 30.9 Å². The summed E-state index contributed by atoms with van der Waals surface area (Å²) in [6, 6.07) is 23.4. The highest BCUT2D eigenvalue weighted by Crippen LogP contribution is 2.40. The number of primary amides is 1. The molecule has 0 radical (unpaired) electrons. The second-order valence-electron chi connectivity index (χ2n) is 13.0. The summed E-state index contributed by atoms with van der Waals surface area (Å²) in [5.74, 6) is -2.02. The molecular weight excluding hydrogens is 696 g/mol. The number of amides is 3. The quantitative estimate of drug-likeness (QED) is 0.199. The number of Topliss-reactive ketones (excluding diaryl/α,β-unsaturated/α-hetero) is 1. The van der Waals surface area contributed by atoms with Crippen LogP contribution in [0, 0.1) is 11.3 Å². The highest BCUT2D eigenvalue weighted by atomic mass is 79.9. The van der Waals surface area contributed by atoms with Crippen molar-refractivity contribution < 1.29 is 23.9 Å². The van der Waals surface area contributed by atoms with Crippen molar-refractivity contribution in [1.29, 1.82) is 0 Å². The molecule has 4 aromatic carbocycles. The number of carbonyl (C=O) groups is 4. The van der Waals surface area contributed by atoms with Crippen LogP contribution in [0.25, 0.3) is 10.8 Å². The molecule has 1 unspecified atom stereocenters. The van der Waals surface area contributed by atoms with Crippen molar-refractivity contribution in [3.8, 4) is 5.75 Å². The second kappa shape index (κ2) is 14.1. The molecule has 3 N–H and O–H groups in total. The number of likely N-dealkylation sites (N-methyl/N-ethyl adjacent to an activating group) is 1. The molecule has 4 aromatic rings. The molecule has 48 heavy (non-hydrogen) atoms. The summed E-state index contributed by atoms with van der Waals surface area (Å²) in [6.07, 6.45) is 0. The molecule has 2 atom stereocenters. The number of methoxy groups -OCH3 is 1. The van der Waals surface area contributed by atoms with E-state index in [1.54, 1.807) is 74.5 Å². The normalized spacial score (nSPS) is 16.0. The maximum Gasteiger partial charge on any atom is 0.258 e. The van der Waals surface area contributed by atoms with Crippen molar-refractivity contribution >= 4 is 74.0 Å². The lowest BCUT2D eigenvalue weighted by Gasteiger charge is -2.36. The zero-order chi connectivity index (χ0) is 34.3. The maximum atomic E-state index is 14.8. The van der Waals surface area contributed by atoms with Crippen molar-refractivity contribution in [2.45, 2.75) is 39.8 Å². The maximum absolute atomic E-state index is 14.8. The lowest BCUT2D eigenvalue weighted by molar-refractivity contribution is -0.133. The van der Waals surface area contributed by atoms with E-state index in [1.807, 2.05) is 51.1 Å². The molecule has 9 nitrogen and oxygen atoms in total. The lowest BCUT2D eigenvalue weighted by atomic mass is 9.83. The molecule has 1 heterocycles. The zero-order valence-corrected chi connectivity index (χ0v) is 30.2. The van der Waals surface area contributed by atoms with Gasteiger partial charge in [-0.15, -0.1) is 12.4 Å². The van der Waals surface area contributed by atoms with Gasteiger partial charge in [0.15, 0.2) is 5.78 Å². The summed E-state index contributed by atoms with van der Waals surface area (Å²) >= 11 is 3.54. The number of nitrogens with zero attached hydrogens (tertiary/aromatic N) is 2. The van der Waals surface area contributed by atoms with Crippen molar-refractivity contribution in [2.24, 2.45) is 17.1 Å². The van der Waals surface area contributed by atoms with Crippen LogP contribution < -0.4 is 25.6 Å². The van der Waals surface area contributed by atoms with E-state index >= 15 is 0 Å². The van der Waals surface area contributed by atoms with Crippen LogP contribution in [0.4, 0.5) is 11.4 Å². The van der Waals surface area contributed by atoms with Crippen molar-refractivity contribution in [1.82, 2.24) is 5.32 Å². The number of hydrogen-bond acceptors (Lipinski definition) is 6. The monoisotopic (exact) mass is 734 g/mol. The molecule has 0 fully saturated rings. The van der Waals surface area contributed by atoms with Crippen LogP contribution in [0.1, 0.15) is 54.0 Å². The molecule has 5 rings (SSSR count). The minimum absolute atomic E-state index is 0. The fourth-order valence-electron chi connectivity index (χ4n) is 6.05.